The maximum Gasteiger partial charge on any atom is 0.409 e. The molecule has 7 nitrogen and oxygen atoms in total. The lowest BCUT2D eigenvalue weighted by atomic mass is 10.1. The highest BCUT2D eigenvalue weighted by Crippen LogP contribution is 2.14. The monoisotopic (exact) mass is 298 g/mol. The summed E-state index contributed by atoms with van der Waals surface area (Å²) in [6.45, 7) is 3.33. The molecule has 8 heteroatoms. The molecule has 0 unspecified atom stereocenters. The van der Waals surface area contributed by atoms with Gasteiger partial charge < -0.3 is 20.7 Å². The molecule has 1 aliphatic heterocycles. The fourth-order valence-electron chi connectivity index (χ4n) is 2.07. The second-order valence-corrected chi connectivity index (χ2v) is 5.39. The SMILES string of the molecule is CCOC(=O)N1CCC(NC(=O)c2csc(N)n2)CC1. The number of anilines is 1. The molecular weight excluding hydrogens is 280 g/mol. The molecular formula is C12H18N4O3S. The number of nitrogen functional groups attached to an aromatic ring is 1. The number of carbonyl (C=O) groups is 2. The number of hydrogen-bond donors (Lipinski definition) is 2. The molecule has 2 heterocycles. The van der Waals surface area contributed by atoms with E-state index in [1.54, 1.807) is 17.2 Å². The highest BCUT2D eigenvalue weighted by Gasteiger charge is 2.25. The lowest BCUT2D eigenvalue weighted by Gasteiger charge is -2.31. The molecule has 1 fully saturated rings. The largest absolute Gasteiger partial charge is 0.450 e. The molecule has 1 aromatic rings. The van der Waals surface area contributed by atoms with Crippen LogP contribution in [0.3, 0.4) is 0 Å². The minimum Gasteiger partial charge on any atom is -0.450 e. The summed E-state index contributed by atoms with van der Waals surface area (Å²) in [5, 5.41) is 4.93. The van der Waals surface area contributed by atoms with Crippen molar-refractivity contribution in [2.45, 2.75) is 25.8 Å². The molecule has 1 aromatic heterocycles. The minimum absolute atomic E-state index is 0.0519. The van der Waals surface area contributed by atoms with Crippen LogP contribution >= 0.6 is 11.3 Å². The number of nitrogens with two attached hydrogens (primary N) is 1. The first kappa shape index (κ1) is 14.6. The molecule has 0 bridgehead atoms. The summed E-state index contributed by atoms with van der Waals surface area (Å²) in [5.41, 5.74) is 5.85. The topological polar surface area (TPSA) is 97.5 Å². The molecule has 0 radical (unpaired) electrons. The average Bonchev–Trinajstić information content (AvgIpc) is 2.86. The standard InChI is InChI=1S/C12H18N4O3S/c1-2-19-12(18)16-5-3-8(4-6-16)14-10(17)9-7-20-11(13)15-9/h7-8H,2-6H2,1H3,(H2,13,15)(H,14,17). The lowest BCUT2D eigenvalue weighted by Crippen LogP contribution is -2.46. The number of aromatic nitrogens is 1. The number of nitrogens with one attached hydrogen (secondary N) is 1. The maximum atomic E-state index is 11.9. The molecule has 3 N–H and O–H groups in total. The number of ether oxygens (including phenoxy) is 1. The van der Waals surface area contributed by atoms with Crippen LogP contribution in [-0.2, 0) is 4.74 Å². The van der Waals surface area contributed by atoms with Gasteiger partial charge in [0, 0.05) is 24.5 Å². The molecule has 110 valence electrons. The van der Waals surface area contributed by atoms with Crippen molar-refractivity contribution in [1.29, 1.82) is 0 Å². The third-order valence-corrected chi connectivity index (χ3v) is 3.78. The van der Waals surface area contributed by atoms with Crippen LogP contribution in [0.1, 0.15) is 30.3 Å². The van der Waals surface area contributed by atoms with Crippen LogP contribution < -0.4 is 11.1 Å². The predicted octanol–water partition coefficient (Wildman–Crippen LogP) is 1.08. The van der Waals surface area contributed by atoms with Gasteiger partial charge in [-0.25, -0.2) is 9.78 Å². The number of hydrogen-bond acceptors (Lipinski definition) is 6. The van der Waals surface area contributed by atoms with Crippen LogP contribution in [0.25, 0.3) is 0 Å². The van der Waals surface area contributed by atoms with Crippen molar-refractivity contribution in [2.75, 3.05) is 25.4 Å². The Hall–Kier alpha value is -1.83. The molecule has 0 aliphatic carbocycles. The molecule has 20 heavy (non-hydrogen) atoms. The van der Waals surface area contributed by atoms with Gasteiger partial charge in [-0.05, 0) is 19.8 Å². The van der Waals surface area contributed by atoms with Crippen LogP contribution in [-0.4, -0.2) is 47.6 Å². The third kappa shape index (κ3) is 3.60. The Kier molecular flexibility index (Phi) is 4.78. The van der Waals surface area contributed by atoms with Gasteiger partial charge in [0.15, 0.2) is 5.13 Å². The molecule has 2 amide bonds. The maximum absolute atomic E-state index is 11.9. The van der Waals surface area contributed by atoms with Crippen LogP contribution in [0.4, 0.5) is 9.93 Å². The number of likely N-dealkylation sites (tertiary alicyclic amines) is 1. The van der Waals surface area contributed by atoms with Gasteiger partial charge >= 0.3 is 6.09 Å². The first-order chi connectivity index (χ1) is 9.60. The van der Waals surface area contributed by atoms with E-state index >= 15 is 0 Å². The van der Waals surface area contributed by atoms with Gasteiger partial charge in [0.1, 0.15) is 5.69 Å². The smallest absolute Gasteiger partial charge is 0.409 e. The zero-order chi connectivity index (χ0) is 14.5. The highest BCUT2D eigenvalue weighted by atomic mass is 32.1. The Morgan fingerprint density at radius 3 is 2.80 bits per heavy atom. The van der Waals surface area contributed by atoms with Crippen molar-refractivity contribution in [2.24, 2.45) is 0 Å². The summed E-state index contributed by atoms with van der Waals surface area (Å²) in [7, 11) is 0. The number of carbonyl (C=O) groups excluding carboxylic acids is 2. The number of thiazole rings is 1. The number of piperidine rings is 1. The molecule has 0 saturated carbocycles. The van der Waals surface area contributed by atoms with Crippen LogP contribution in [0, 0.1) is 0 Å². The fraction of sp³-hybridized carbons (Fsp3) is 0.583. The van der Waals surface area contributed by atoms with Crippen molar-refractivity contribution in [3.05, 3.63) is 11.1 Å². The van der Waals surface area contributed by atoms with Crippen molar-refractivity contribution in [3.63, 3.8) is 0 Å². The molecule has 0 aromatic carbocycles. The van der Waals surface area contributed by atoms with E-state index in [1.807, 2.05) is 0 Å². The molecule has 0 atom stereocenters. The Morgan fingerprint density at radius 2 is 2.25 bits per heavy atom. The summed E-state index contributed by atoms with van der Waals surface area (Å²) in [6, 6.07) is 0.0519. The highest BCUT2D eigenvalue weighted by molar-refractivity contribution is 7.13. The predicted molar refractivity (Wildman–Crippen MR) is 75.6 cm³/mol. The van der Waals surface area contributed by atoms with Crippen molar-refractivity contribution in [1.82, 2.24) is 15.2 Å². The fourth-order valence-corrected chi connectivity index (χ4v) is 2.62. The van der Waals surface area contributed by atoms with E-state index in [0.29, 0.717) is 43.4 Å². The number of nitrogens with zero attached hydrogens (tertiary/aromatic N) is 2. The lowest BCUT2D eigenvalue weighted by molar-refractivity contribution is 0.0857. The third-order valence-electron chi connectivity index (χ3n) is 3.11. The van der Waals surface area contributed by atoms with Gasteiger partial charge in [0.2, 0.25) is 0 Å². The van der Waals surface area contributed by atoms with E-state index in [0.717, 1.165) is 0 Å². The van der Waals surface area contributed by atoms with E-state index in [4.69, 9.17) is 10.5 Å². The summed E-state index contributed by atoms with van der Waals surface area (Å²) < 4.78 is 4.95. The van der Waals surface area contributed by atoms with Crippen molar-refractivity contribution < 1.29 is 14.3 Å². The number of amides is 2. The second kappa shape index (κ2) is 6.56. The van der Waals surface area contributed by atoms with E-state index in [9.17, 15) is 9.59 Å². The molecule has 1 saturated heterocycles. The zero-order valence-corrected chi connectivity index (χ0v) is 12.1. The zero-order valence-electron chi connectivity index (χ0n) is 11.3. The average molecular weight is 298 g/mol. The van der Waals surface area contributed by atoms with E-state index in [1.165, 1.54) is 11.3 Å². The summed E-state index contributed by atoms with van der Waals surface area (Å²) in [5.74, 6) is -0.215. The Balaban J connectivity index is 1.80. The van der Waals surface area contributed by atoms with E-state index in [2.05, 4.69) is 10.3 Å². The summed E-state index contributed by atoms with van der Waals surface area (Å²) in [4.78, 5) is 29.1. The Bertz CT molecular complexity index is 483. The first-order valence-electron chi connectivity index (χ1n) is 6.53. The molecule has 2 rings (SSSR count). The normalized spacial score (nSPS) is 15.9. The quantitative estimate of drug-likeness (QED) is 0.870. The van der Waals surface area contributed by atoms with Gasteiger partial charge in [0.25, 0.3) is 5.91 Å². The Morgan fingerprint density at radius 1 is 1.55 bits per heavy atom. The number of rotatable bonds is 3. The van der Waals surface area contributed by atoms with E-state index < -0.39 is 0 Å². The van der Waals surface area contributed by atoms with Crippen molar-refractivity contribution >= 4 is 28.5 Å². The Labute approximate surface area is 121 Å². The van der Waals surface area contributed by atoms with Gasteiger partial charge in [0.05, 0.1) is 6.61 Å². The van der Waals surface area contributed by atoms with E-state index in [-0.39, 0.29) is 18.0 Å². The summed E-state index contributed by atoms with van der Waals surface area (Å²) in [6.07, 6.45) is 1.14. The molecule has 1 aliphatic rings. The van der Waals surface area contributed by atoms with Crippen LogP contribution in [0.15, 0.2) is 5.38 Å². The van der Waals surface area contributed by atoms with Crippen LogP contribution in [0.2, 0.25) is 0 Å². The first-order valence-corrected chi connectivity index (χ1v) is 7.41. The van der Waals surface area contributed by atoms with Gasteiger partial charge in [-0.3, -0.25) is 4.79 Å². The summed E-state index contributed by atoms with van der Waals surface area (Å²) >= 11 is 1.24. The van der Waals surface area contributed by atoms with Gasteiger partial charge in [-0.2, -0.15) is 0 Å². The second-order valence-electron chi connectivity index (χ2n) is 4.50. The molecule has 0 spiro atoms. The van der Waals surface area contributed by atoms with Crippen LogP contribution in [0.5, 0.6) is 0 Å². The van der Waals surface area contributed by atoms with Crippen molar-refractivity contribution in [3.8, 4) is 0 Å². The van der Waals surface area contributed by atoms with Gasteiger partial charge in [-0.15, -0.1) is 11.3 Å². The van der Waals surface area contributed by atoms with Gasteiger partial charge in [-0.1, -0.05) is 0 Å². The minimum atomic E-state index is -0.287.